The average molecular weight is 211 g/mol. The number of ether oxygens (including phenoxy) is 1. The second kappa shape index (κ2) is 5.58. The maximum atomic E-state index is 9.11. The third kappa shape index (κ3) is 3.77. The average Bonchev–Trinajstić information content (AvgIpc) is 2.26. The maximum absolute atomic E-state index is 9.11. The van der Waals surface area contributed by atoms with Crippen molar-refractivity contribution in [3.05, 3.63) is 24.3 Å². The first-order valence-corrected chi connectivity index (χ1v) is 4.82. The minimum absolute atomic E-state index is 0.105. The highest BCUT2D eigenvalue weighted by Gasteiger charge is 2.03. The Balaban J connectivity index is 2.58. The molecule has 1 unspecified atom stereocenters. The van der Waals surface area contributed by atoms with Crippen LogP contribution in [0.15, 0.2) is 24.3 Å². The standard InChI is InChI=1S/C11H17NO3/c1-12(2)9-4-3-5-11(6-9)15-8-10(14)7-13/h3-6,10,13-14H,7-8H2,1-2H3. The lowest BCUT2D eigenvalue weighted by Crippen LogP contribution is -2.21. The Hall–Kier alpha value is -1.26. The number of aliphatic hydroxyl groups is 2. The van der Waals surface area contributed by atoms with Crippen LogP contribution in [0.3, 0.4) is 0 Å². The number of aliphatic hydroxyl groups excluding tert-OH is 2. The molecule has 1 atom stereocenters. The molecule has 1 rings (SSSR count). The number of hydrogen-bond acceptors (Lipinski definition) is 4. The van der Waals surface area contributed by atoms with Gasteiger partial charge >= 0.3 is 0 Å². The Kier molecular flexibility index (Phi) is 4.39. The molecule has 0 radical (unpaired) electrons. The second-order valence-corrected chi connectivity index (χ2v) is 3.54. The topological polar surface area (TPSA) is 52.9 Å². The minimum atomic E-state index is -0.826. The molecule has 0 saturated carbocycles. The quantitative estimate of drug-likeness (QED) is 0.744. The summed E-state index contributed by atoms with van der Waals surface area (Å²) in [5.41, 5.74) is 1.03. The van der Waals surface area contributed by atoms with Crippen LogP contribution in [0.25, 0.3) is 0 Å². The van der Waals surface area contributed by atoms with Gasteiger partial charge in [-0.1, -0.05) is 6.07 Å². The molecule has 0 aliphatic carbocycles. The summed E-state index contributed by atoms with van der Waals surface area (Å²) in [6.45, 7) is -0.180. The highest BCUT2D eigenvalue weighted by molar-refractivity contribution is 5.49. The summed E-state index contributed by atoms with van der Waals surface area (Å²) < 4.78 is 5.31. The van der Waals surface area contributed by atoms with Gasteiger partial charge in [-0.25, -0.2) is 0 Å². The van der Waals surface area contributed by atoms with Crippen LogP contribution >= 0.6 is 0 Å². The largest absolute Gasteiger partial charge is 0.491 e. The molecule has 4 heteroatoms. The van der Waals surface area contributed by atoms with Crippen molar-refractivity contribution in [1.29, 1.82) is 0 Å². The number of rotatable bonds is 5. The number of anilines is 1. The SMILES string of the molecule is CN(C)c1cccc(OCC(O)CO)c1. The van der Waals surface area contributed by atoms with Gasteiger partial charge in [-0.15, -0.1) is 0 Å². The molecular weight excluding hydrogens is 194 g/mol. The lowest BCUT2D eigenvalue weighted by atomic mass is 10.3. The van der Waals surface area contributed by atoms with E-state index in [9.17, 15) is 0 Å². The molecule has 1 aromatic carbocycles. The number of nitrogens with zero attached hydrogens (tertiary/aromatic N) is 1. The molecule has 2 N–H and O–H groups in total. The molecule has 84 valence electrons. The number of hydrogen-bond donors (Lipinski definition) is 2. The first-order chi connectivity index (χ1) is 7.13. The predicted octanol–water partition coefficient (Wildman–Crippen LogP) is 0.485. The number of benzene rings is 1. The van der Waals surface area contributed by atoms with Gasteiger partial charge in [0, 0.05) is 25.8 Å². The fraction of sp³-hybridized carbons (Fsp3) is 0.455. The van der Waals surface area contributed by atoms with Gasteiger partial charge < -0.3 is 19.8 Å². The molecule has 0 bridgehead atoms. The maximum Gasteiger partial charge on any atom is 0.121 e. The van der Waals surface area contributed by atoms with E-state index in [1.54, 1.807) is 0 Å². The highest BCUT2D eigenvalue weighted by Crippen LogP contribution is 2.19. The Morgan fingerprint density at radius 1 is 1.40 bits per heavy atom. The van der Waals surface area contributed by atoms with E-state index >= 15 is 0 Å². The van der Waals surface area contributed by atoms with E-state index in [1.165, 1.54) is 0 Å². The van der Waals surface area contributed by atoms with Crippen molar-refractivity contribution in [3.63, 3.8) is 0 Å². The summed E-state index contributed by atoms with van der Waals surface area (Å²) in [5, 5.41) is 17.7. The predicted molar refractivity (Wildman–Crippen MR) is 59.4 cm³/mol. The van der Waals surface area contributed by atoms with Crippen molar-refractivity contribution in [3.8, 4) is 5.75 Å². The van der Waals surface area contributed by atoms with E-state index in [1.807, 2.05) is 43.3 Å². The highest BCUT2D eigenvalue weighted by atomic mass is 16.5. The molecule has 15 heavy (non-hydrogen) atoms. The van der Waals surface area contributed by atoms with Gasteiger partial charge in [-0.2, -0.15) is 0 Å². The van der Waals surface area contributed by atoms with Gasteiger partial charge in [-0.05, 0) is 12.1 Å². The fourth-order valence-corrected chi connectivity index (χ4v) is 1.10. The fourth-order valence-electron chi connectivity index (χ4n) is 1.10. The van der Waals surface area contributed by atoms with Gasteiger partial charge in [0.1, 0.15) is 18.5 Å². The Morgan fingerprint density at radius 2 is 2.13 bits per heavy atom. The summed E-state index contributed by atoms with van der Waals surface area (Å²) in [6.07, 6.45) is -0.826. The molecule has 0 heterocycles. The Labute approximate surface area is 89.7 Å². The Morgan fingerprint density at radius 3 is 2.73 bits per heavy atom. The van der Waals surface area contributed by atoms with E-state index in [2.05, 4.69) is 0 Å². The molecule has 4 nitrogen and oxygen atoms in total. The monoisotopic (exact) mass is 211 g/mol. The molecule has 0 saturated heterocycles. The lowest BCUT2D eigenvalue weighted by Gasteiger charge is -2.15. The van der Waals surface area contributed by atoms with E-state index in [-0.39, 0.29) is 13.2 Å². The van der Waals surface area contributed by atoms with Crippen molar-refractivity contribution in [1.82, 2.24) is 0 Å². The van der Waals surface area contributed by atoms with Crippen molar-refractivity contribution in [2.75, 3.05) is 32.2 Å². The van der Waals surface area contributed by atoms with Crippen LogP contribution < -0.4 is 9.64 Å². The first kappa shape index (κ1) is 11.8. The Bertz CT molecular complexity index is 302. The van der Waals surface area contributed by atoms with E-state index in [0.717, 1.165) is 5.69 Å². The summed E-state index contributed by atoms with van der Waals surface area (Å²) in [5.74, 6) is 0.689. The van der Waals surface area contributed by atoms with E-state index < -0.39 is 6.10 Å². The van der Waals surface area contributed by atoms with Crippen LogP contribution in [0, 0.1) is 0 Å². The van der Waals surface area contributed by atoms with Crippen LogP contribution in [-0.2, 0) is 0 Å². The smallest absolute Gasteiger partial charge is 0.121 e. The molecule has 0 aromatic heterocycles. The zero-order valence-corrected chi connectivity index (χ0v) is 9.05. The third-order valence-electron chi connectivity index (χ3n) is 1.99. The molecule has 0 aliphatic rings. The lowest BCUT2D eigenvalue weighted by molar-refractivity contribution is 0.0536. The molecule has 0 aliphatic heterocycles. The molecule has 0 spiro atoms. The molecule has 1 aromatic rings. The van der Waals surface area contributed by atoms with Gasteiger partial charge in [-0.3, -0.25) is 0 Å². The van der Waals surface area contributed by atoms with Crippen LogP contribution in [0.4, 0.5) is 5.69 Å². The van der Waals surface area contributed by atoms with Gasteiger partial charge in [0.15, 0.2) is 0 Å². The van der Waals surface area contributed by atoms with Gasteiger partial charge in [0.05, 0.1) is 6.61 Å². The van der Waals surface area contributed by atoms with Crippen LogP contribution in [0.5, 0.6) is 5.75 Å². The van der Waals surface area contributed by atoms with E-state index in [4.69, 9.17) is 14.9 Å². The van der Waals surface area contributed by atoms with Crippen molar-refractivity contribution in [2.24, 2.45) is 0 Å². The minimum Gasteiger partial charge on any atom is -0.491 e. The van der Waals surface area contributed by atoms with Crippen LogP contribution in [-0.4, -0.2) is 43.6 Å². The first-order valence-electron chi connectivity index (χ1n) is 4.82. The van der Waals surface area contributed by atoms with Crippen molar-refractivity contribution >= 4 is 5.69 Å². The van der Waals surface area contributed by atoms with Crippen molar-refractivity contribution < 1.29 is 14.9 Å². The second-order valence-electron chi connectivity index (χ2n) is 3.54. The van der Waals surface area contributed by atoms with Crippen LogP contribution in [0.1, 0.15) is 0 Å². The summed E-state index contributed by atoms with van der Waals surface area (Å²) >= 11 is 0. The summed E-state index contributed by atoms with van der Waals surface area (Å²) in [7, 11) is 3.89. The molecular formula is C11H17NO3. The van der Waals surface area contributed by atoms with Crippen molar-refractivity contribution in [2.45, 2.75) is 6.10 Å². The third-order valence-corrected chi connectivity index (χ3v) is 1.99. The van der Waals surface area contributed by atoms with Gasteiger partial charge in [0.25, 0.3) is 0 Å². The van der Waals surface area contributed by atoms with Gasteiger partial charge in [0.2, 0.25) is 0 Å². The summed E-state index contributed by atoms with van der Waals surface area (Å²) in [4.78, 5) is 1.97. The zero-order chi connectivity index (χ0) is 11.3. The molecule has 0 fully saturated rings. The summed E-state index contributed by atoms with van der Waals surface area (Å²) in [6, 6.07) is 7.55. The molecule has 0 amide bonds. The normalized spacial score (nSPS) is 12.3. The zero-order valence-electron chi connectivity index (χ0n) is 9.05. The van der Waals surface area contributed by atoms with Crippen LogP contribution in [0.2, 0.25) is 0 Å². The van der Waals surface area contributed by atoms with E-state index in [0.29, 0.717) is 5.75 Å².